The summed E-state index contributed by atoms with van der Waals surface area (Å²) in [4.78, 5) is 0. The van der Waals surface area contributed by atoms with Crippen molar-refractivity contribution in [1.29, 1.82) is 0 Å². The minimum Gasteiger partial charge on any atom is -0.497 e. The maximum absolute atomic E-state index is 5.01. The first-order valence-corrected chi connectivity index (χ1v) is 7.52. The molecule has 110 valence electrons. The Balaban J connectivity index is 4.09. The molecule has 0 N–H and O–H groups in total. The number of hydrogen-bond acceptors (Lipinski definition) is 1. The summed E-state index contributed by atoms with van der Waals surface area (Å²) in [6.07, 6.45) is 9.02. The summed E-state index contributed by atoms with van der Waals surface area (Å²) in [5.41, 5.74) is 1.16. The van der Waals surface area contributed by atoms with Crippen molar-refractivity contribution < 1.29 is 4.74 Å². The molecule has 0 fully saturated rings. The van der Waals surface area contributed by atoms with E-state index in [-0.39, 0.29) is 0 Å². The van der Waals surface area contributed by atoms with Crippen molar-refractivity contribution in [2.45, 2.75) is 53.4 Å². The molecule has 0 aromatic carbocycles. The lowest BCUT2D eigenvalue weighted by Crippen LogP contribution is -2.09. The first-order valence-electron chi connectivity index (χ1n) is 7.52. The van der Waals surface area contributed by atoms with Crippen molar-refractivity contribution >= 4 is 0 Å². The molecule has 0 saturated heterocycles. The van der Waals surface area contributed by atoms with E-state index >= 15 is 0 Å². The van der Waals surface area contributed by atoms with Gasteiger partial charge in [0, 0.05) is 0 Å². The topological polar surface area (TPSA) is 9.23 Å². The lowest BCUT2D eigenvalue weighted by Gasteiger charge is -2.21. The lowest BCUT2D eigenvalue weighted by atomic mass is 9.85. The molecule has 0 aromatic rings. The van der Waals surface area contributed by atoms with E-state index in [0.717, 1.165) is 17.4 Å². The van der Waals surface area contributed by atoms with E-state index in [1.165, 1.54) is 25.7 Å². The molecule has 0 bridgehead atoms. The standard InChI is InChI=1S/C18H32O/c1-8-9-14(2)15(3)10-11-16(4)17(5)12-13-18(6)19-7/h12-16H,5-6,8-11H2,1-4,7H3/b13-12-. The van der Waals surface area contributed by atoms with Gasteiger partial charge in [-0.3, -0.25) is 0 Å². The van der Waals surface area contributed by atoms with Gasteiger partial charge < -0.3 is 4.74 Å². The summed E-state index contributed by atoms with van der Waals surface area (Å²) in [6.45, 7) is 17.2. The molecule has 3 atom stereocenters. The Bertz CT molecular complexity index is 301. The second kappa shape index (κ2) is 9.89. The summed E-state index contributed by atoms with van der Waals surface area (Å²) in [7, 11) is 1.63. The quantitative estimate of drug-likeness (QED) is 0.361. The Labute approximate surface area is 120 Å². The van der Waals surface area contributed by atoms with Crippen LogP contribution in [0.4, 0.5) is 0 Å². The van der Waals surface area contributed by atoms with Crippen LogP contribution in [0.5, 0.6) is 0 Å². The van der Waals surface area contributed by atoms with Crippen LogP contribution in [0.2, 0.25) is 0 Å². The molecule has 0 rings (SSSR count). The fourth-order valence-electron chi connectivity index (χ4n) is 2.15. The van der Waals surface area contributed by atoms with E-state index in [1.54, 1.807) is 7.11 Å². The molecular weight excluding hydrogens is 232 g/mol. The molecule has 0 heterocycles. The van der Waals surface area contributed by atoms with Crippen molar-refractivity contribution in [2.24, 2.45) is 17.8 Å². The predicted molar refractivity (Wildman–Crippen MR) is 86.1 cm³/mol. The molecule has 19 heavy (non-hydrogen) atoms. The summed E-state index contributed by atoms with van der Waals surface area (Å²) in [6, 6.07) is 0. The third kappa shape index (κ3) is 7.92. The van der Waals surface area contributed by atoms with E-state index in [4.69, 9.17) is 4.74 Å². The summed E-state index contributed by atoms with van der Waals surface area (Å²) in [5, 5.41) is 0. The third-order valence-corrected chi connectivity index (χ3v) is 4.15. The van der Waals surface area contributed by atoms with E-state index in [2.05, 4.69) is 40.9 Å². The average Bonchev–Trinajstić information content (AvgIpc) is 2.41. The first kappa shape index (κ1) is 18.0. The monoisotopic (exact) mass is 264 g/mol. The van der Waals surface area contributed by atoms with Gasteiger partial charge in [-0.1, -0.05) is 65.3 Å². The van der Waals surface area contributed by atoms with Gasteiger partial charge in [-0.25, -0.2) is 0 Å². The molecule has 0 saturated carbocycles. The van der Waals surface area contributed by atoms with Crippen LogP contribution >= 0.6 is 0 Å². The maximum atomic E-state index is 5.01. The van der Waals surface area contributed by atoms with E-state index in [0.29, 0.717) is 11.7 Å². The Hall–Kier alpha value is -0.980. The minimum atomic E-state index is 0.525. The number of hydrogen-bond donors (Lipinski definition) is 0. The smallest absolute Gasteiger partial charge is 0.111 e. The summed E-state index contributed by atoms with van der Waals surface area (Å²) < 4.78 is 5.01. The van der Waals surface area contributed by atoms with Gasteiger partial charge in [0.2, 0.25) is 0 Å². The molecular formula is C18H32O. The Morgan fingerprint density at radius 3 is 2.11 bits per heavy atom. The Kier molecular flexibility index (Phi) is 9.38. The number of methoxy groups -OCH3 is 1. The van der Waals surface area contributed by atoms with E-state index < -0.39 is 0 Å². The van der Waals surface area contributed by atoms with Crippen LogP contribution in [0, 0.1) is 17.8 Å². The molecule has 1 heteroatoms. The largest absolute Gasteiger partial charge is 0.497 e. The molecule has 0 amide bonds. The van der Waals surface area contributed by atoms with Crippen molar-refractivity contribution in [2.75, 3.05) is 7.11 Å². The highest BCUT2D eigenvalue weighted by Gasteiger charge is 2.13. The fourth-order valence-corrected chi connectivity index (χ4v) is 2.15. The average molecular weight is 264 g/mol. The van der Waals surface area contributed by atoms with Crippen LogP contribution in [-0.2, 0) is 4.74 Å². The highest BCUT2D eigenvalue weighted by molar-refractivity contribution is 5.22. The van der Waals surface area contributed by atoms with Crippen LogP contribution < -0.4 is 0 Å². The molecule has 0 aliphatic heterocycles. The Morgan fingerprint density at radius 1 is 1.00 bits per heavy atom. The molecule has 0 radical (unpaired) electrons. The third-order valence-electron chi connectivity index (χ3n) is 4.15. The highest BCUT2D eigenvalue weighted by atomic mass is 16.5. The van der Waals surface area contributed by atoms with Gasteiger partial charge >= 0.3 is 0 Å². The molecule has 0 aliphatic rings. The summed E-state index contributed by atoms with van der Waals surface area (Å²) >= 11 is 0. The second-order valence-corrected chi connectivity index (χ2v) is 5.80. The van der Waals surface area contributed by atoms with Gasteiger partial charge in [-0.05, 0) is 36.7 Å². The van der Waals surface area contributed by atoms with Crippen molar-refractivity contribution in [1.82, 2.24) is 0 Å². The normalized spacial score (nSPS) is 16.1. The molecule has 1 nitrogen and oxygen atoms in total. The lowest BCUT2D eigenvalue weighted by molar-refractivity contribution is 0.308. The zero-order chi connectivity index (χ0) is 14.8. The minimum absolute atomic E-state index is 0.525. The van der Waals surface area contributed by atoms with E-state index in [9.17, 15) is 0 Å². The van der Waals surface area contributed by atoms with Gasteiger partial charge in [0.1, 0.15) is 5.76 Å². The first-order chi connectivity index (χ1) is 8.92. The number of rotatable bonds is 10. The molecule has 0 aromatic heterocycles. The summed E-state index contributed by atoms with van der Waals surface area (Å²) in [5.74, 6) is 2.83. The zero-order valence-corrected chi connectivity index (χ0v) is 13.5. The van der Waals surface area contributed by atoms with Crippen LogP contribution in [0.25, 0.3) is 0 Å². The SMILES string of the molecule is C=C(/C=C\C(=C)C(C)CCC(C)C(C)CCC)OC. The van der Waals surface area contributed by atoms with Crippen molar-refractivity contribution in [3.05, 3.63) is 36.6 Å². The highest BCUT2D eigenvalue weighted by Crippen LogP contribution is 2.25. The van der Waals surface area contributed by atoms with Gasteiger partial charge in [0.05, 0.1) is 7.11 Å². The number of allylic oxidation sites excluding steroid dienone is 3. The van der Waals surface area contributed by atoms with Gasteiger partial charge in [0.15, 0.2) is 0 Å². The molecule has 0 aliphatic carbocycles. The zero-order valence-electron chi connectivity index (χ0n) is 13.5. The second-order valence-electron chi connectivity index (χ2n) is 5.80. The van der Waals surface area contributed by atoms with Crippen molar-refractivity contribution in [3.8, 4) is 0 Å². The van der Waals surface area contributed by atoms with Gasteiger partial charge in [0.25, 0.3) is 0 Å². The molecule has 0 spiro atoms. The fraction of sp³-hybridized carbons (Fsp3) is 0.667. The van der Waals surface area contributed by atoms with Gasteiger partial charge in [-0.15, -0.1) is 0 Å². The van der Waals surface area contributed by atoms with Crippen molar-refractivity contribution in [3.63, 3.8) is 0 Å². The van der Waals surface area contributed by atoms with Crippen LogP contribution in [0.3, 0.4) is 0 Å². The maximum Gasteiger partial charge on any atom is 0.111 e. The van der Waals surface area contributed by atoms with Crippen LogP contribution in [0.15, 0.2) is 36.6 Å². The number of ether oxygens (including phenoxy) is 1. The van der Waals surface area contributed by atoms with Crippen LogP contribution in [0.1, 0.15) is 53.4 Å². The van der Waals surface area contributed by atoms with Crippen LogP contribution in [-0.4, -0.2) is 7.11 Å². The molecule has 3 unspecified atom stereocenters. The van der Waals surface area contributed by atoms with Gasteiger partial charge in [-0.2, -0.15) is 0 Å². The van der Waals surface area contributed by atoms with E-state index in [1.807, 2.05) is 12.2 Å². The Morgan fingerprint density at radius 2 is 1.58 bits per heavy atom. The predicted octanol–water partition coefficient (Wildman–Crippen LogP) is 5.75.